The number of carbonyl (C=O) groups excluding carboxylic acids is 2. The lowest BCUT2D eigenvalue weighted by Crippen LogP contribution is -2.31. The van der Waals surface area contributed by atoms with Gasteiger partial charge in [-0.25, -0.2) is 4.39 Å². The van der Waals surface area contributed by atoms with Crippen molar-refractivity contribution in [3.8, 4) is 0 Å². The molecule has 142 valence electrons. The average Bonchev–Trinajstić information content (AvgIpc) is 2.71. The van der Waals surface area contributed by atoms with Crippen molar-refractivity contribution in [2.75, 3.05) is 5.32 Å². The number of hydrogen-bond donors (Lipinski definition) is 2. The Labute approximate surface area is 163 Å². The first-order valence-corrected chi connectivity index (χ1v) is 9.00. The van der Waals surface area contributed by atoms with E-state index in [4.69, 9.17) is 0 Å². The van der Waals surface area contributed by atoms with E-state index in [-0.39, 0.29) is 24.1 Å². The second-order valence-electron chi connectivity index (χ2n) is 6.51. The summed E-state index contributed by atoms with van der Waals surface area (Å²) in [7, 11) is 0. The molecular formula is C23H21FN2O2. The van der Waals surface area contributed by atoms with Crippen molar-refractivity contribution in [3.05, 3.63) is 101 Å². The van der Waals surface area contributed by atoms with E-state index in [9.17, 15) is 14.0 Å². The molecule has 0 radical (unpaired) electrons. The lowest BCUT2D eigenvalue weighted by atomic mass is 10.0. The summed E-state index contributed by atoms with van der Waals surface area (Å²) in [5, 5.41) is 5.72. The number of amides is 2. The number of rotatable bonds is 6. The summed E-state index contributed by atoms with van der Waals surface area (Å²) in [6, 6.07) is 21.9. The third kappa shape index (κ3) is 5.04. The second-order valence-corrected chi connectivity index (χ2v) is 6.51. The summed E-state index contributed by atoms with van der Waals surface area (Å²) in [6.07, 6.45) is 0.0550. The lowest BCUT2D eigenvalue weighted by Gasteiger charge is -2.19. The Morgan fingerprint density at radius 3 is 2.21 bits per heavy atom. The van der Waals surface area contributed by atoms with Gasteiger partial charge in [0.25, 0.3) is 5.91 Å². The monoisotopic (exact) mass is 376 g/mol. The Balaban J connectivity index is 1.75. The molecule has 0 aliphatic heterocycles. The van der Waals surface area contributed by atoms with Gasteiger partial charge in [-0.3, -0.25) is 9.59 Å². The highest BCUT2D eigenvalue weighted by Crippen LogP contribution is 2.20. The molecular weight excluding hydrogens is 355 g/mol. The van der Waals surface area contributed by atoms with Crippen molar-refractivity contribution in [2.24, 2.45) is 0 Å². The molecule has 3 aromatic carbocycles. The predicted molar refractivity (Wildman–Crippen MR) is 107 cm³/mol. The highest BCUT2D eigenvalue weighted by molar-refractivity contribution is 5.96. The van der Waals surface area contributed by atoms with Gasteiger partial charge in [0.1, 0.15) is 5.82 Å². The predicted octanol–water partition coefficient (Wildman–Crippen LogP) is 4.63. The van der Waals surface area contributed by atoms with Crippen LogP contribution in [-0.4, -0.2) is 11.8 Å². The van der Waals surface area contributed by atoms with Crippen molar-refractivity contribution in [1.29, 1.82) is 0 Å². The molecule has 2 N–H and O–H groups in total. The number of halogens is 1. The Morgan fingerprint density at radius 1 is 0.929 bits per heavy atom. The number of hydrogen-bond acceptors (Lipinski definition) is 2. The van der Waals surface area contributed by atoms with Crippen molar-refractivity contribution in [2.45, 2.75) is 19.4 Å². The summed E-state index contributed by atoms with van der Waals surface area (Å²) in [5.41, 5.74) is 2.54. The highest BCUT2D eigenvalue weighted by Gasteiger charge is 2.19. The zero-order valence-electron chi connectivity index (χ0n) is 15.5. The van der Waals surface area contributed by atoms with E-state index in [0.29, 0.717) is 16.8 Å². The van der Waals surface area contributed by atoms with Crippen LogP contribution in [0.4, 0.5) is 10.1 Å². The van der Waals surface area contributed by atoms with Gasteiger partial charge in [0.05, 0.1) is 12.5 Å². The SMILES string of the molecule is Cc1cc(F)ccc1NC(=O)C[C@H](NC(=O)c1ccccc1)c1ccccc1. The smallest absolute Gasteiger partial charge is 0.251 e. The molecule has 5 heteroatoms. The van der Waals surface area contributed by atoms with Gasteiger partial charge in [-0.2, -0.15) is 0 Å². The highest BCUT2D eigenvalue weighted by atomic mass is 19.1. The topological polar surface area (TPSA) is 58.2 Å². The largest absolute Gasteiger partial charge is 0.345 e. The first-order chi connectivity index (χ1) is 13.5. The van der Waals surface area contributed by atoms with Crippen LogP contribution in [0.3, 0.4) is 0 Å². The molecule has 0 aromatic heterocycles. The molecule has 0 heterocycles. The molecule has 0 unspecified atom stereocenters. The number of carbonyl (C=O) groups is 2. The Hall–Kier alpha value is -3.47. The van der Waals surface area contributed by atoms with E-state index in [0.717, 1.165) is 5.56 Å². The van der Waals surface area contributed by atoms with Crippen LogP contribution in [0.5, 0.6) is 0 Å². The van der Waals surface area contributed by atoms with Crippen LogP contribution < -0.4 is 10.6 Å². The van der Waals surface area contributed by atoms with E-state index in [1.165, 1.54) is 18.2 Å². The fourth-order valence-electron chi connectivity index (χ4n) is 2.92. The maximum Gasteiger partial charge on any atom is 0.251 e. The molecule has 3 rings (SSSR count). The van der Waals surface area contributed by atoms with Crippen LogP contribution in [0.1, 0.15) is 33.9 Å². The standard InChI is InChI=1S/C23H21FN2O2/c1-16-14-19(24)12-13-20(16)25-22(27)15-21(17-8-4-2-5-9-17)26-23(28)18-10-6-3-7-11-18/h2-14,21H,15H2,1H3,(H,25,27)(H,26,28)/t21-/m0/s1. The summed E-state index contributed by atoms with van der Waals surface area (Å²) in [6.45, 7) is 1.73. The van der Waals surface area contributed by atoms with E-state index < -0.39 is 6.04 Å². The first kappa shape index (κ1) is 19.3. The fraction of sp³-hybridized carbons (Fsp3) is 0.130. The molecule has 1 atom stereocenters. The average molecular weight is 376 g/mol. The molecule has 0 bridgehead atoms. The number of aryl methyl sites for hydroxylation is 1. The van der Waals surface area contributed by atoms with Crippen molar-refractivity contribution < 1.29 is 14.0 Å². The molecule has 0 saturated heterocycles. The van der Waals surface area contributed by atoms with Crippen LogP contribution in [0.25, 0.3) is 0 Å². The van der Waals surface area contributed by atoms with E-state index in [2.05, 4.69) is 10.6 Å². The minimum Gasteiger partial charge on any atom is -0.345 e. The minimum atomic E-state index is -0.491. The zero-order chi connectivity index (χ0) is 19.9. The van der Waals surface area contributed by atoms with Gasteiger partial charge in [0.2, 0.25) is 5.91 Å². The van der Waals surface area contributed by atoms with Gasteiger partial charge in [-0.05, 0) is 48.4 Å². The van der Waals surface area contributed by atoms with Crippen molar-refractivity contribution in [3.63, 3.8) is 0 Å². The van der Waals surface area contributed by atoms with Crippen LogP contribution in [0.15, 0.2) is 78.9 Å². The molecule has 28 heavy (non-hydrogen) atoms. The van der Waals surface area contributed by atoms with Crippen LogP contribution in [0, 0.1) is 12.7 Å². The quantitative estimate of drug-likeness (QED) is 0.659. The summed E-state index contributed by atoms with van der Waals surface area (Å²) < 4.78 is 13.3. The molecule has 0 fully saturated rings. The van der Waals surface area contributed by atoms with Gasteiger partial charge in [-0.1, -0.05) is 48.5 Å². The molecule has 2 amide bonds. The van der Waals surface area contributed by atoms with Crippen LogP contribution >= 0.6 is 0 Å². The van der Waals surface area contributed by atoms with Crippen LogP contribution in [0.2, 0.25) is 0 Å². The Bertz CT molecular complexity index is 959. The molecule has 3 aromatic rings. The normalized spacial score (nSPS) is 11.5. The lowest BCUT2D eigenvalue weighted by molar-refractivity contribution is -0.116. The van der Waals surface area contributed by atoms with Gasteiger partial charge in [0, 0.05) is 11.3 Å². The van der Waals surface area contributed by atoms with E-state index in [1.807, 2.05) is 36.4 Å². The summed E-state index contributed by atoms with van der Waals surface area (Å²) in [4.78, 5) is 25.2. The second kappa shape index (κ2) is 8.95. The first-order valence-electron chi connectivity index (χ1n) is 9.00. The molecule has 0 saturated carbocycles. The molecule has 0 aliphatic carbocycles. The van der Waals surface area contributed by atoms with E-state index >= 15 is 0 Å². The zero-order valence-corrected chi connectivity index (χ0v) is 15.5. The number of nitrogens with one attached hydrogen (secondary N) is 2. The summed E-state index contributed by atoms with van der Waals surface area (Å²) in [5.74, 6) is -0.870. The third-order valence-electron chi connectivity index (χ3n) is 4.40. The fourth-order valence-corrected chi connectivity index (χ4v) is 2.92. The Kier molecular flexibility index (Phi) is 6.17. The van der Waals surface area contributed by atoms with Gasteiger partial charge >= 0.3 is 0 Å². The van der Waals surface area contributed by atoms with E-state index in [1.54, 1.807) is 31.2 Å². The number of anilines is 1. The summed E-state index contributed by atoms with van der Waals surface area (Å²) >= 11 is 0. The van der Waals surface area contributed by atoms with Crippen LogP contribution in [-0.2, 0) is 4.79 Å². The molecule has 4 nitrogen and oxygen atoms in total. The Morgan fingerprint density at radius 2 is 1.57 bits per heavy atom. The third-order valence-corrected chi connectivity index (χ3v) is 4.40. The molecule has 0 spiro atoms. The maximum atomic E-state index is 13.3. The maximum absolute atomic E-state index is 13.3. The van der Waals surface area contributed by atoms with Gasteiger partial charge in [0.15, 0.2) is 0 Å². The number of benzene rings is 3. The minimum absolute atomic E-state index is 0.0550. The molecule has 0 aliphatic rings. The van der Waals surface area contributed by atoms with Gasteiger partial charge < -0.3 is 10.6 Å². The van der Waals surface area contributed by atoms with Crippen molar-refractivity contribution in [1.82, 2.24) is 5.32 Å². The van der Waals surface area contributed by atoms with Crippen molar-refractivity contribution >= 4 is 17.5 Å². The van der Waals surface area contributed by atoms with Gasteiger partial charge in [-0.15, -0.1) is 0 Å².